The fourth-order valence-electron chi connectivity index (χ4n) is 1.59. The van der Waals surface area contributed by atoms with Crippen molar-refractivity contribution in [1.82, 2.24) is 9.55 Å². The number of hydrogen-bond donors (Lipinski definition) is 3. The Bertz CT molecular complexity index is 648. The molecule has 0 spiro atoms. The van der Waals surface area contributed by atoms with Gasteiger partial charge in [0.25, 0.3) is 5.91 Å². The van der Waals surface area contributed by atoms with Crippen LogP contribution in [0.1, 0.15) is 10.5 Å². The predicted octanol–water partition coefficient (Wildman–Crippen LogP) is 0.798. The molecule has 0 radical (unpaired) electrons. The van der Waals surface area contributed by atoms with E-state index in [-0.39, 0.29) is 18.3 Å². The molecule has 8 heteroatoms. The van der Waals surface area contributed by atoms with Crippen LogP contribution in [0.2, 0.25) is 0 Å². The highest BCUT2D eigenvalue weighted by Crippen LogP contribution is 2.16. The summed E-state index contributed by atoms with van der Waals surface area (Å²) in [5, 5.41) is 13.9. The van der Waals surface area contributed by atoms with E-state index in [9.17, 15) is 4.79 Å². The van der Waals surface area contributed by atoms with Crippen molar-refractivity contribution in [3.8, 4) is 5.75 Å². The molecule has 21 heavy (non-hydrogen) atoms. The normalized spacial score (nSPS) is 11.2. The van der Waals surface area contributed by atoms with Gasteiger partial charge in [-0.2, -0.15) is 0 Å². The second kappa shape index (κ2) is 6.42. The van der Waals surface area contributed by atoms with Gasteiger partial charge in [0, 0.05) is 12.7 Å². The number of amides is 1. The molecule has 1 amide bonds. The number of aromatic nitrogens is 2. The Balaban J connectivity index is 1.96. The first kappa shape index (κ1) is 14.4. The first-order chi connectivity index (χ1) is 10.1. The lowest BCUT2D eigenvalue weighted by atomic mass is 10.3. The first-order valence-corrected chi connectivity index (χ1v) is 6.07. The molecule has 2 aromatic rings. The van der Waals surface area contributed by atoms with Gasteiger partial charge in [0.1, 0.15) is 18.1 Å². The molecule has 0 aliphatic rings. The average molecular weight is 289 g/mol. The molecule has 1 aromatic carbocycles. The number of aryl methyl sites for hydroxylation is 1. The predicted molar refractivity (Wildman–Crippen MR) is 76.5 cm³/mol. The minimum Gasteiger partial charge on any atom is -0.486 e. The molecule has 8 nitrogen and oxygen atoms in total. The molecular formula is C13H15N5O3. The summed E-state index contributed by atoms with van der Waals surface area (Å²) < 4.78 is 6.90. The Morgan fingerprint density at radius 1 is 1.48 bits per heavy atom. The third-order valence-electron chi connectivity index (χ3n) is 2.68. The molecule has 0 saturated carbocycles. The lowest BCUT2D eigenvalue weighted by Gasteiger charge is -2.08. The maximum absolute atomic E-state index is 12.0. The lowest BCUT2D eigenvalue weighted by Crippen LogP contribution is -2.20. The number of nitrogens with zero attached hydrogens (tertiary/aromatic N) is 3. The summed E-state index contributed by atoms with van der Waals surface area (Å²) in [6.07, 6.45) is 3.04. The van der Waals surface area contributed by atoms with E-state index in [1.54, 1.807) is 42.2 Å². The number of benzene rings is 1. The van der Waals surface area contributed by atoms with Crippen LogP contribution in [0, 0.1) is 0 Å². The number of hydrogen-bond acceptors (Lipinski definition) is 5. The number of carbonyl (C=O) groups is 1. The summed E-state index contributed by atoms with van der Waals surface area (Å²) in [6, 6.07) is 6.72. The number of imidazole rings is 1. The van der Waals surface area contributed by atoms with Crippen molar-refractivity contribution in [2.24, 2.45) is 17.9 Å². The maximum atomic E-state index is 12.0. The van der Waals surface area contributed by atoms with Crippen molar-refractivity contribution in [3.63, 3.8) is 0 Å². The van der Waals surface area contributed by atoms with Crippen LogP contribution in [0.3, 0.4) is 0 Å². The molecule has 0 fully saturated rings. The summed E-state index contributed by atoms with van der Waals surface area (Å²) in [4.78, 5) is 15.9. The maximum Gasteiger partial charge on any atom is 0.273 e. The number of rotatable bonds is 5. The number of nitrogens with one attached hydrogen (secondary N) is 1. The monoisotopic (exact) mass is 289 g/mol. The van der Waals surface area contributed by atoms with E-state index in [0.29, 0.717) is 17.1 Å². The molecule has 0 bridgehead atoms. The van der Waals surface area contributed by atoms with Crippen LogP contribution in [0.15, 0.2) is 41.9 Å². The Hall–Kier alpha value is -3.03. The van der Waals surface area contributed by atoms with Crippen molar-refractivity contribution in [2.75, 3.05) is 11.9 Å². The van der Waals surface area contributed by atoms with E-state index >= 15 is 0 Å². The second-order valence-electron chi connectivity index (χ2n) is 4.25. The van der Waals surface area contributed by atoms with Gasteiger partial charge in [-0.1, -0.05) is 5.16 Å². The van der Waals surface area contributed by atoms with Crippen LogP contribution in [0.25, 0.3) is 0 Å². The fraction of sp³-hybridized carbons (Fsp3) is 0.154. The van der Waals surface area contributed by atoms with Crippen molar-refractivity contribution in [1.29, 1.82) is 0 Å². The van der Waals surface area contributed by atoms with E-state index in [0.717, 1.165) is 0 Å². The van der Waals surface area contributed by atoms with Crippen LogP contribution < -0.4 is 15.8 Å². The molecule has 0 saturated heterocycles. The zero-order valence-electron chi connectivity index (χ0n) is 11.4. The van der Waals surface area contributed by atoms with E-state index in [1.807, 2.05) is 0 Å². The van der Waals surface area contributed by atoms with Crippen molar-refractivity contribution < 1.29 is 14.7 Å². The Morgan fingerprint density at radius 2 is 2.19 bits per heavy atom. The van der Waals surface area contributed by atoms with Crippen LogP contribution in [-0.2, 0) is 7.05 Å². The zero-order chi connectivity index (χ0) is 15.2. The minimum atomic E-state index is -0.250. The number of ether oxygens (including phenoxy) is 1. The Kier molecular flexibility index (Phi) is 4.39. The number of nitrogens with two attached hydrogens (primary N) is 1. The molecule has 2 rings (SSSR count). The van der Waals surface area contributed by atoms with E-state index in [2.05, 4.69) is 15.5 Å². The van der Waals surface area contributed by atoms with Crippen molar-refractivity contribution in [3.05, 3.63) is 42.5 Å². The number of carbonyl (C=O) groups excluding carboxylic acids is 1. The average Bonchev–Trinajstić information content (AvgIpc) is 2.92. The van der Waals surface area contributed by atoms with E-state index in [4.69, 9.17) is 15.7 Å². The summed E-state index contributed by atoms with van der Waals surface area (Å²) in [7, 11) is 1.74. The third kappa shape index (κ3) is 3.72. The lowest BCUT2D eigenvalue weighted by molar-refractivity contribution is 0.101. The number of oxime groups is 1. The standard InChI is InChI=1S/C13H15N5O3/c1-18-8-15-6-11(18)13(19)16-9-2-4-10(5-3-9)21-7-12(14)17-20/h2-6,8,20H,7H2,1H3,(H2,14,17)(H,16,19). The number of amidine groups is 1. The summed E-state index contributed by atoms with van der Waals surface area (Å²) in [5.41, 5.74) is 6.38. The molecular weight excluding hydrogens is 274 g/mol. The van der Waals surface area contributed by atoms with Crippen LogP contribution in [-0.4, -0.2) is 33.1 Å². The van der Waals surface area contributed by atoms with E-state index in [1.165, 1.54) is 6.20 Å². The van der Waals surface area contributed by atoms with Crippen LogP contribution in [0.4, 0.5) is 5.69 Å². The first-order valence-electron chi connectivity index (χ1n) is 6.07. The van der Waals surface area contributed by atoms with Gasteiger partial charge in [0.15, 0.2) is 5.84 Å². The summed E-state index contributed by atoms with van der Waals surface area (Å²) >= 11 is 0. The molecule has 1 aromatic heterocycles. The van der Waals surface area contributed by atoms with Crippen LogP contribution in [0.5, 0.6) is 5.75 Å². The molecule has 0 aliphatic carbocycles. The Morgan fingerprint density at radius 3 is 2.76 bits per heavy atom. The zero-order valence-corrected chi connectivity index (χ0v) is 11.4. The van der Waals surface area contributed by atoms with Crippen molar-refractivity contribution in [2.45, 2.75) is 0 Å². The highest BCUT2D eigenvalue weighted by atomic mass is 16.5. The SMILES string of the molecule is Cn1cncc1C(=O)Nc1ccc(OC/C(N)=N/O)cc1. The minimum absolute atomic E-state index is 0.0166. The van der Waals surface area contributed by atoms with Gasteiger partial charge >= 0.3 is 0 Å². The highest BCUT2D eigenvalue weighted by Gasteiger charge is 2.09. The van der Waals surface area contributed by atoms with Crippen LogP contribution >= 0.6 is 0 Å². The van der Waals surface area contributed by atoms with Gasteiger partial charge < -0.3 is 25.6 Å². The Labute approximate surface area is 120 Å². The van der Waals surface area contributed by atoms with E-state index < -0.39 is 0 Å². The largest absolute Gasteiger partial charge is 0.486 e. The smallest absolute Gasteiger partial charge is 0.273 e. The second-order valence-corrected chi connectivity index (χ2v) is 4.25. The van der Waals surface area contributed by atoms with Gasteiger partial charge in [-0.3, -0.25) is 4.79 Å². The van der Waals surface area contributed by atoms with Gasteiger partial charge in [-0.25, -0.2) is 4.98 Å². The molecule has 110 valence electrons. The third-order valence-corrected chi connectivity index (χ3v) is 2.68. The molecule has 1 heterocycles. The quantitative estimate of drug-likeness (QED) is 0.326. The molecule has 0 atom stereocenters. The fourth-order valence-corrected chi connectivity index (χ4v) is 1.59. The molecule has 4 N–H and O–H groups in total. The van der Waals surface area contributed by atoms with Gasteiger partial charge in [0.05, 0.1) is 12.5 Å². The van der Waals surface area contributed by atoms with Gasteiger partial charge in [0.2, 0.25) is 0 Å². The molecule has 0 unspecified atom stereocenters. The summed E-state index contributed by atoms with van der Waals surface area (Å²) in [6.45, 7) is -0.0166. The highest BCUT2D eigenvalue weighted by molar-refractivity contribution is 6.02. The number of anilines is 1. The van der Waals surface area contributed by atoms with Gasteiger partial charge in [-0.05, 0) is 24.3 Å². The molecule has 0 aliphatic heterocycles. The summed E-state index contributed by atoms with van der Waals surface area (Å²) in [5.74, 6) is 0.268. The topological polar surface area (TPSA) is 115 Å². The van der Waals surface area contributed by atoms with Gasteiger partial charge in [-0.15, -0.1) is 0 Å². The van der Waals surface area contributed by atoms with Crippen molar-refractivity contribution >= 4 is 17.4 Å².